The van der Waals surface area contributed by atoms with Crippen LogP contribution in [-0.4, -0.2) is 25.4 Å². The van der Waals surface area contributed by atoms with Crippen molar-refractivity contribution in [3.8, 4) is 22.8 Å². The molecule has 1 heterocycles. The summed E-state index contributed by atoms with van der Waals surface area (Å²) in [6.45, 7) is 0. The molecule has 0 bridgehead atoms. The standard InChI is InChI=1S/C18H15Cl2N3O2S/c1-24-16-6-3-11(7-17(16)25-2)9-21-23-18-22-15(10-26-18)13-5-4-12(19)8-14(13)20/h3-10H,1-2H3,(H,22,23)/b21-9+. The molecule has 0 radical (unpaired) electrons. The fourth-order valence-electron chi connectivity index (χ4n) is 2.24. The molecule has 1 aromatic heterocycles. The van der Waals surface area contributed by atoms with E-state index in [9.17, 15) is 0 Å². The van der Waals surface area contributed by atoms with Crippen LogP contribution in [0.2, 0.25) is 10.0 Å². The number of thiazole rings is 1. The molecule has 0 fully saturated rings. The number of hydrogen-bond donors (Lipinski definition) is 1. The maximum Gasteiger partial charge on any atom is 0.203 e. The molecule has 26 heavy (non-hydrogen) atoms. The van der Waals surface area contributed by atoms with E-state index in [0.717, 1.165) is 16.8 Å². The fourth-order valence-corrected chi connectivity index (χ4v) is 3.41. The Morgan fingerprint density at radius 1 is 1.08 bits per heavy atom. The topological polar surface area (TPSA) is 55.7 Å². The van der Waals surface area contributed by atoms with E-state index >= 15 is 0 Å². The van der Waals surface area contributed by atoms with E-state index in [4.69, 9.17) is 32.7 Å². The first kappa shape index (κ1) is 18.5. The molecule has 0 aliphatic carbocycles. The van der Waals surface area contributed by atoms with Gasteiger partial charge in [0.15, 0.2) is 11.5 Å². The van der Waals surface area contributed by atoms with Crippen molar-refractivity contribution in [1.29, 1.82) is 0 Å². The Morgan fingerprint density at radius 3 is 2.62 bits per heavy atom. The zero-order valence-electron chi connectivity index (χ0n) is 14.0. The lowest BCUT2D eigenvalue weighted by Gasteiger charge is -2.07. The van der Waals surface area contributed by atoms with Crippen LogP contribution in [0, 0.1) is 0 Å². The number of anilines is 1. The molecule has 0 saturated carbocycles. The number of hydrogen-bond acceptors (Lipinski definition) is 6. The molecule has 0 amide bonds. The molecule has 1 N–H and O–H groups in total. The van der Waals surface area contributed by atoms with Gasteiger partial charge in [0, 0.05) is 16.0 Å². The zero-order valence-corrected chi connectivity index (χ0v) is 16.3. The van der Waals surface area contributed by atoms with Crippen molar-refractivity contribution in [2.24, 2.45) is 5.10 Å². The third-order valence-electron chi connectivity index (χ3n) is 3.49. The van der Waals surface area contributed by atoms with Crippen molar-refractivity contribution >= 4 is 45.9 Å². The monoisotopic (exact) mass is 407 g/mol. The van der Waals surface area contributed by atoms with E-state index in [2.05, 4.69) is 15.5 Å². The van der Waals surface area contributed by atoms with Crippen molar-refractivity contribution in [3.05, 3.63) is 57.4 Å². The number of nitrogens with one attached hydrogen (secondary N) is 1. The first-order valence-electron chi connectivity index (χ1n) is 7.52. The molecule has 0 spiro atoms. The number of ether oxygens (including phenoxy) is 2. The first-order valence-corrected chi connectivity index (χ1v) is 9.16. The second kappa shape index (κ2) is 8.40. The third kappa shape index (κ3) is 4.27. The molecule has 3 rings (SSSR count). The minimum absolute atomic E-state index is 0.558. The highest BCUT2D eigenvalue weighted by Crippen LogP contribution is 2.32. The van der Waals surface area contributed by atoms with Gasteiger partial charge in [-0.2, -0.15) is 5.10 Å². The van der Waals surface area contributed by atoms with Gasteiger partial charge in [-0.3, -0.25) is 5.43 Å². The number of benzene rings is 2. The van der Waals surface area contributed by atoms with Gasteiger partial charge in [0.05, 0.1) is 31.2 Å². The van der Waals surface area contributed by atoms with Gasteiger partial charge < -0.3 is 9.47 Å². The molecular formula is C18H15Cl2N3O2S. The van der Waals surface area contributed by atoms with Crippen LogP contribution in [0.4, 0.5) is 5.13 Å². The van der Waals surface area contributed by atoms with Gasteiger partial charge in [0.1, 0.15) is 0 Å². The Labute approximate surface area is 165 Å². The van der Waals surface area contributed by atoms with E-state index < -0.39 is 0 Å². The van der Waals surface area contributed by atoms with E-state index in [1.165, 1.54) is 11.3 Å². The van der Waals surface area contributed by atoms with E-state index in [1.54, 1.807) is 32.6 Å². The highest BCUT2D eigenvalue weighted by Gasteiger charge is 2.08. The second-order valence-electron chi connectivity index (χ2n) is 5.15. The molecule has 0 unspecified atom stereocenters. The third-order valence-corrected chi connectivity index (χ3v) is 4.79. The normalized spacial score (nSPS) is 10.9. The highest BCUT2D eigenvalue weighted by atomic mass is 35.5. The van der Waals surface area contributed by atoms with Crippen molar-refractivity contribution in [2.45, 2.75) is 0 Å². The minimum atomic E-state index is 0.558. The van der Waals surface area contributed by atoms with Crippen LogP contribution in [0.25, 0.3) is 11.3 Å². The van der Waals surface area contributed by atoms with Gasteiger partial charge in [0.25, 0.3) is 0 Å². The highest BCUT2D eigenvalue weighted by molar-refractivity contribution is 7.14. The van der Waals surface area contributed by atoms with Crippen LogP contribution in [0.3, 0.4) is 0 Å². The Balaban J connectivity index is 1.71. The number of methoxy groups -OCH3 is 2. The molecular weight excluding hydrogens is 393 g/mol. The molecule has 8 heteroatoms. The molecule has 0 atom stereocenters. The van der Waals surface area contributed by atoms with Gasteiger partial charge in [0.2, 0.25) is 5.13 Å². The lowest BCUT2D eigenvalue weighted by Crippen LogP contribution is -1.94. The smallest absolute Gasteiger partial charge is 0.203 e. The van der Waals surface area contributed by atoms with Crippen LogP contribution < -0.4 is 14.9 Å². The van der Waals surface area contributed by atoms with Gasteiger partial charge in [-0.1, -0.05) is 23.2 Å². The molecule has 0 aliphatic rings. The molecule has 0 saturated heterocycles. The van der Waals surface area contributed by atoms with E-state index in [0.29, 0.717) is 26.7 Å². The Bertz CT molecular complexity index is 944. The summed E-state index contributed by atoms with van der Waals surface area (Å²) in [6.07, 6.45) is 1.68. The predicted molar refractivity (Wildman–Crippen MR) is 108 cm³/mol. The number of aromatic nitrogens is 1. The Morgan fingerprint density at radius 2 is 1.88 bits per heavy atom. The number of nitrogens with zero attached hydrogens (tertiary/aromatic N) is 2. The fraction of sp³-hybridized carbons (Fsp3) is 0.111. The summed E-state index contributed by atoms with van der Waals surface area (Å²) in [6, 6.07) is 10.9. The first-order chi connectivity index (χ1) is 12.6. The lowest BCUT2D eigenvalue weighted by atomic mass is 10.2. The minimum Gasteiger partial charge on any atom is -0.493 e. The van der Waals surface area contributed by atoms with Crippen LogP contribution in [0.15, 0.2) is 46.9 Å². The summed E-state index contributed by atoms with van der Waals surface area (Å²) in [5, 5.41) is 7.92. The van der Waals surface area contributed by atoms with Crippen LogP contribution >= 0.6 is 34.5 Å². The van der Waals surface area contributed by atoms with Gasteiger partial charge in [-0.15, -0.1) is 11.3 Å². The number of hydrazone groups is 1. The number of halogens is 2. The summed E-state index contributed by atoms with van der Waals surface area (Å²) < 4.78 is 10.5. The quantitative estimate of drug-likeness (QED) is 0.427. The summed E-state index contributed by atoms with van der Waals surface area (Å²) in [5.74, 6) is 1.31. The van der Waals surface area contributed by atoms with Crippen molar-refractivity contribution in [1.82, 2.24) is 4.98 Å². The summed E-state index contributed by atoms with van der Waals surface area (Å²) >= 11 is 13.6. The van der Waals surface area contributed by atoms with Crippen LogP contribution in [0.5, 0.6) is 11.5 Å². The summed E-state index contributed by atoms with van der Waals surface area (Å²) in [7, 11) is 3.19. The molecule has 2 aromatic carbocycles. The number of rotatable bonds is 6. The molecule has 3 aromatic rings. The van der Waals surface area contributed by atoms with Crippen molar-refractivity contribution in [3.63, 3.8) is 0 Å². The molecule has 134 valence electrons. The van der Waals surface area contributed by atoms with E-state index in [-0.39, 0.29) is 0 Å². The van der Waals surface area contributed by atoms with Gasteiger partial charge in [-0.05, 0) is 42.0 Å². The summed E-state index contributed by atoms with van der Waals surface area (Å²) in [5.41, 5.74) is 5.37. The van der Waals surface area contributed by atoms with Crippen molar-refractivity contribution < 1.29 is 9.47 Å². The maximum atomic E-state index is 6.22. The average Bonchev–Trinajstić information content (AvgIpc) is 3.10. The summed E-state index contributed by atoms with van der Waals surface area (Å²) in [4.78, 5) is 4.48. The predicted octanol–water partition coefficient (Wildman–Crippen LogP) is 5.58. The van der Waals surface area contributed by atoms with Crippen molar-refractivity contribution in [2.75, 3.05) is 19.6 Å². The zero-order chi connectivity index (χ0) is 18.5. The lowest BCUT2D eigenvalue weighted by molar-refractivity contribution is 0.355. The van der Waals surface area contributed by atoms with Gasteiger partial charge >= 0.3 is 0 Å². The van der Waals surface area contributed by atoms with E-state index in [1.807, 2.05) is 29.6 Å². The van der Waals surface area contributed by atoms with Gasteiger partial charge in [-0.25, -0.2) is 4.98 Å². The molecule has 5 nitrogen and oxygen atoms in total. The maximum absolute atomic E-state index is 6.22. The Kier molecular flexibility index (Phi) is 5.98. The van der Waals surface area contributed by atoms with Crippen LogP contribution in [0.1, 0.15) is 5.56 Å². The Hall–Kier alpha value is -2.28. The second-order valence-corrected chi connectivity index (χ2v) is 6.85. The largest absolute Gasteiger partial charge is 0.493 e. The van der Waals surface area contributed by atoms with Crippen LogP contribution in [-0.2, 0) is 0 Å². The average molecular weight is 408 g/mol. The molecule has 0 aliphatic heterocycles. The SMILES string of the molecule is COc1ccc(/C=N/Nc2nc(-c3ccc(Cl)cc3Cl)cs2)cc1OC.